The Labute approximate surface area is 173 Å². The molecule has 0 spiro atoms. The summed E-state index contributed by atoms with van der Waals surface area (Å²) >= 11 is 0. The second-order valence-corrected chi connectivity index (χ2v) is 6.41. The maximum Gasteiger partial charge on any atom is 0.337 e. The number of methoxy groups -OCH3 is 2. The number of ether oxygens (including phenoxy) is 2. The second-order valence-electron chi connectivity index (χ2n) is 6.41. The third kappa shape index (κ3) is 4.61. The van der Waals surface area contributed by atoms with Crippen LogP contribution in [0, 0.1) is 0 Å². The van der Waals surface area contributed by atoms with Gasteiger partial charge in [0, 0.05) is 11.4 Å². The molecule has 0 amide bonds. The van der Waals surface area contributed by atoms with Crippen molar-refractivity contribution in [3.05, 3.63) is 71.8 Å². The summed E-state index contributed by atoms with van der Waals surface area (Å²) in [4.78, 5) is 23.2. The summed E-state index contributed by atoms with van der Waals surface area (Å²) in [5.74, 6) is -0.884. The summed E-state index contributed by atoms with van der Waals surface area (Å²) < 4.78 is 9.38. The molecular weight excluding hydrogens is 384 g/mol. The number of anilines is 6. The molecule has 0 radical (unpaired) electrons. The molecule has 0 aliphatic heterocycles. The molecule has 0 heterocycles. The molecule has 0 aliphatic rings. The minimum absolute atomic E-state index is 0.385. The molecule has 8 nitrogen and oxygen atoms in total. The van der Waals surface area contributed by atoms with Crippen LogP contribution in [0.15, 0.2) is 60.7 Å². The Bertz CT molecular complexity index is 994. The molecule has 30 heavy (non-hydrogen) atoms. The Hall–Kier alpha value is -4.20. The van der Waals surface area contributed by atoms with Gasteiger partial charge in [0.15, 0.2) is 0 Å². The Morgan fingerprint density at radius 3 is 1.33 bits per heavy atom. The van der Waals surface area contributed by atoms with E-state index in [2.05, 4.69) is 10.6 Å². The molecule has 0 aliphatic carbocycles. The summed E-state index contributed by atoms with van der Waals surface area (Å²) in [7, 11) is 2.64. The van der Waals surface area contributed by atoms with Gasteiger partial charge in [-0.25, -0.2) is 9.59 Å². The van der Waals surface area contributed by atoms with Gasteiger partial charge in [-0.05, 0) is 60.7 Å². The Morgan fingerprint density at radius 1 is 0.667 bits per heavy atom. The third-order valence-corrected chi connectivity index (χ3v) is 4.39. The highest BCUT2D eigenvalue weighted by Crippen LogP contribution is 2.28. The van der Waals surface area contributed by atoms with Gasteiger partial charge in [0.05, 0.1) is 48.1 Å². The van der Waals surface area contributed by atoms with E-state index in [9.17, 15) is 9.59 Å². The van der Waals surface area contributed by atoms with Gasteiger partial charge in [-0.1, -0.05) is 0 Å². The second kappa shape index (κ2) is 8.87. The van der Waals surface area contributed by atoms with Crippen molar-refractivity contribution in [3.8, 4) is 0 Å². The monoisotopic (exact) mass is 406 g/mol. The molecule has 0 bridgehead atoms. The SMILES string of the molecule is COC(=O)c1ccc(Nc2ccc(Nc3ccc(C(=O)OC)cc3N)cc2)c(N)c1. The molecule has 3 aromatic rings. The third-order valence-electron chi connectivity index (χ3n) is 4.39. The van der Waals surface area contributed by atoms with Gasteiger partial charge < -0.3 is 31.6 Å². The van der Waals surface area contributed by atoms with Crippen molar-refractivity contribution in [2.45, 2.75) is 0 Å². The number of hydrogen-bond donors (Lipinski definition) is 4. The summed E-state index contributed by atoms with van der Waals surface area (Å²) in [6.07, 6.45) is 0. The lowest BCUT2D eigenvalue weighted by Gasteiger charge is -2.13. The zero-order valence-corrected chi connectivity index (χ0v) is 16.6. The standard InChI is InChI=1S/C22H22N4O4/c1-29-21(27)13-3-9-19(17(23)11-13)25-15-5-7-16(8-6-15)26-20-10-4-14(12-18(20)24)22(28)30-2/h3-12,25-26H,23-24H2,1-2H3. The Balaban J connectivity index is 1.70. The van der Waals surface area contributed by atoms with Gasteiger partial charge >= 0.3 is 11.9 Å². The zero-order chi connectivity index (χ0) is 21.7. The molecule has 3 aromatic carbocycles. The van der Waals surface area contributed by atoms with Crippen molar-refractivity contribution < 1.29 is 19.1 Å². The largest absolute Gasteiger partial charge is 0.465 e. The lowest BCUT2D eigenvalue weighted by atomic mass is 10.1. The molecule has 0 atom stereocenters. The van der Waals surface area contributed by atoms with Crippen LogP contribution in [0.4, 0.5) is 34.1 Å². The van der Waals surface area contributed by atoms with Crippen LogP contribution in [0.2, 0.25) is 0 Å². The Kier molecular flexibility index (Phi) is 6.07. The van der Waals surface area contributed by atoms with E-state index in [0.717, 1.165) is 11.4 Å². The smallest absolute Gasteiger partial charge is 0.337 e. The average molecular weight is 406 g/mol. The highest BCUT2D eigenvalue weighted by Gasteiger charge is 2.10. The van der Waals surface area contributed by atoms with Crippen LogP contribution in [-0.2, 0) is 9.47 Å². The number of esters is 2. The van der Waals surface area contributed by atoms with E-state index in [0.29, 0.717) is 33.9 Å². The first kappa shape index (κ1) is 20.5. The first-order valence-corrected chi connectivity index (χ1v) is 9.01. The minimum Gasteiger partial charge on any atom is -0.465 e. The fraction of sp³-hybridized carbons (Fsp3) is 0.0909. The minimum atomic E-state index is -0.442. The highest BCUT2D eigenvalue weighted by atomic mass is 16.5. The van der Waals surface area contributed by atoms with Crippen molar-refractivity contribution >= 4 is 46.1 Å². The van der Waals surface area contributed by atoms with Crippen molar-refractivity contribution in [2.75, 3.05) is 36.3 Å². The van der Waals surface area contributed by atoms with E-state index in [1.807, 2.05) is 24.3 Å². The number of nitrogen functional groups attached to an aromatic ring is 2. The van der Waals surface area contributed by atoms with Crippen LogP contribution >= 0.6 is 0 Å². The molecule has 0 saturated heterocycles. The van der Waals surface area contributed by atoms with E-state index in [-0.39, 0.29) is 0 Å². The predicted octanol–water partition coefficient (Wildman–Crippen LogP) is 3.91. The van der Waals surface area contributed by atoms with E-state index in [4.69, 9.17) is 20.9 Å². The van der Waals surface area contributed by atoms with Gasteiger partial charge in [0.25, 0.3) is 0 Å². The van der Waals surface area contributed by atoms with Crippen LogP contribution in [0.3, 0.4) is 0 Å². The summed E-state index contributed by atoms with van der Waals surface area (Å²) in [5.41, 5.74) is 16.6. The number of carbonyl (C=O) groups excluding carboxylic acids is 2. The number of rotatable bonds is 6. The first-order chi connectivity index (χ1) is 14.4. The van der Waals surface area contributed by atoms with E-state index < -0.39 is 11.9 Å². The van der Waals surface area contributed by atoms with Gasteiger partial charge in [-0.3, -0.25) is 0 Å². The van der Waals surface area contributed by atoms with Crippen molar-refractivity contribution in [3.63, 3.8) is 0 Å². The van der Waals surface area contributed by atoms with Gasteiger partial charge in [0.1, 0.15) is 0 Å². The van der Waals surface area contributed by atoms with Crippen LogP contribution < -0.4 is 22.1 Å². The summed E-state index contributed by atoms with van der Waals surface area (Å²) in [5, 5.41) is 6.41. The molecule has 0 saturated carbocycles. The summed E-state index contributed by atoms with van der Waals surface area (Å²) in [6.45, 7) is 0. The fourth-order valence-corrected chi connectivity index (χ4v) is 2.79. The van der Waals surface area contributed by atoms with E-state index in [1.54, 1.807) is 36.4 Å². The first-order valence-electron chi connectivity index (χ1n) is 9.01. The van der Waals surface area contributed by atoms with Crippen molar-refractivity contribution in [1.29, 1.82) is 0 Å². The van der Waals surface area contributed by atoms with Crippen LogP contribution in [-0.4, -0.2) is 26.2 Å². The van der Waals surface area contributed by atoms with E-state index >= 15 is 0 Å². The van der Waals surface area contributed by atoms with Gasteiger partial charge in [-0.15, -0.1) is 0 Å². The van der Waals surface area contributed by atoms with E-state index in [1.165, 1.54) is 14.2 Å². The predicted molar refractivity (Wildman–Crippen MR) is 117 cm³/mol. The highest BCUT2D eigenvalue weighted by molar-refractivity contribution is 5.93. The molecule has 3 rings (SSSR count). The molecule has 6 N–H and O–H groups in total. The number of nitrogens with two attached hydrogens (primary N) is 2. The maximum absolute atomic E-state index is 11.6. The van der Waals surface area contributed by atoms with Crippen LogP contribution in [0.5, 0.6) is 0 Å². The number of nitrogens with one attached hydrogen (secondary N) is 2. The lowest BCUT2D eigenvalue weighted by molar-refractivity contribution is 0.0592. The molecule has 8 heteroatoms. The Morgan fingerprint density at radius 2 is 1.03 bits per heavy atom. The molecule has 154 valence electrons. The number of hydrogen-bond acceptors (Lipinski definition) is 8. The van der Waals surface area contributed by atoms with Crippen LogP contribution in [0.25, 0.3) is 0 Å². The van der Waals surface area contributed by atoms with Crippen molar-refractivity contribution in [1.82, 2.24) is 0 Å². The molecule has 0 fully saturated rings. The normalized spacial score (nSPS) is 10.2. The molecule has 0 aromatic heterocycles. The fourth-order valence-electron chi connectivity index (χ4n) is 2.79. The maximum atomic E-state index is 11.6. The quantitative estimate of drug-likeness (QED) is 0.358. The van der Waals surface area contributed by atoms with Gasteiger partial charge in [-0.2, -0.15) is 0 Å². The van der Waals surface area contributed by atoms with Gasteiger partial charge in [0.2, 0.25) is 0 Å². The van der Waals surface area contributed by atoms with Crippen molar-refractivity contribution in [2.24, 2.45) is 0 Å². The number of benzene rings is 3. The topological polar surface area (TPSA) is 129 Å². The summed E-state index contributed by atoms with van der Waals surface area (Å²) in [6, 6.07) is 17.3. The lowest BCUT2D eigenvalue weighted by Crippen LogP contribution is -2.04. The van der Waals surface area contributed by atoms with Crippen LogP contribution in [0.1, 0.15) is 20.7 Å². The molecular formula is C22H22N4O4. The molecule has 0 unspecified atom stereocenters. The zero-order valence-electron chi connectivity index (χ0n) is 16.6. The number of carbonyl (C=O) groups is 2. The average Bonchev–Trinajstić information content (AvgIpc) is 2.76.